The maximum Gasteiger partial charge on any atom is 0.327 e. The average molecular weight is 398 g/mol. The first-order valence-corrected chi connectivity index (χ1v) is 9.29. The van der Waals surface area contributed by atoms with Crippen LogP contribution in [0.25, 0.3) is 0 Å². The summed E-state index contributed by atoms with van der Waals surface area (Å²) >= 11 is 0. The third-order valence-electron chi connectivity index (χ3n) is 4.34. The Morgan fingerprint density at radius 2 is 2.00 bits per heavy atom. The molecule has 0 aliphatic rings. The quantitative estimate of drug-likeness (QED) is 0.528. The van der Waals surface area contributed by atoms with Gasteiger partial charge in [0.2, 0.25) is 0 Å². The van der Waals surface area contributed by atoms with Crippen molar-refractivity contribution in [2.75, 3.05) is 6.61 Å². The van der Waals surface area contributed by atoms with Crippen molar-refractivity contribution in [2.24, 2.45) is 5.73 Å². The standard InChI is InChI=1S/C20H23FN6O2/c1-2-29-18(28)13-27-20(24-25-26-27)19(16-6-8-17(21)9-7-16)23-12-15-5-3-4-14(10-15)11-22/h3-10,19,23H,2,11-13,22H2,1H3. The molecular formula is C20H23FN6O2. The van der Waals surface area contributed by atoms with E-state index in [9.17, 15) is 9.18 Å². The molecule has 0 aliphatic carbocycles. The van der Waals surface area contributed by atoms with Crippen molar-refractivity contribution in [1.29, 1.82) is 0 Å². The van der Waals surface area contributed by atoms with Crippen LogP contribution in [-0.2, 0) is 29.2 Å². The van der Waals surface area contributed by atoms with Gasteiger partial charge in [0.05, 0.1) is 12.6 Å². The van der Waals surface area contributed by atoms with Gasteiger partial charge in [0, 0.05) is 13.1 Å². The first kappa shape index (κ1) is 20.6. The fourth-order valence-electron chi connectivity index (χ4n) is 2.96. The molecule has 9 heteroatoms. The topological polar surface area (TPSA) is 108 Å². The summed E-state index contributed by atoms with van der Waals surface area (Å²) in [5.74, 6) is -0.344. The van der Waals surface area contributed by atoms with Gasteiger partial charge in [0.1, 0.15) is 12.4 Å². The molecule has 29 heavy (non-hydrogen) atoms. The third-order valence-corrected chi connectivity index (χ3v) is 4.34. The second-order valence-corrected chi connectivity index (χ2v) is 6.39. The summed E-state index contributed by atoms with van der Waals surface area (Å²) in [6, 6.07) is 13.5. The van der Waals surface area contributed by atoms with E-state index in [1.807, 2.05) is 24.3 Å². The van der Waals surface area contributed by atoms with Gasteiger partial charge in [0.25, 0.3) is 0 Å². The maximum absolute atomic E-state index is 13.4. The maximum atomic E-state index is 13.4. The molecule has 0 aliphatic heterocycles. The number of rotatable bonds is 9. The molecule has 8 nitrogen and oxygen atoms in total. The van der Waals surface area contributed by atoms with Crippen molar-refractivity contribution >= 4 is 5.97 Å². The van der Waals surface area contributed by atoms with E-state index in [2.05, 4.69) is 20.8 Å². The molecule has 2 aromatic carbocycles. The number of nitrogens with two attached hydrogens (primary N) is 1. The second-order valence-electron chi connectivity index (χ2n) is 6.39. The lowest BCUT2D eigenvalue weighted by Crippen LogP contribution is -2.27. The zero-order valence-electron chi connectivity index (χ0n) is 16.1. The normalized spacial score (nSPS) is 12.0. The van der Waals surface area contributed by atoms with Crippen molar-refractivity contribution in [3.05, 3.63) is 76.9 Å². The van der Waals surface area contributed by atoms with E-state index in [1.54, 1.807) is 19.1 Å². The number of nitrogens with one attached hydrogen (secondary N) is 1. The number of ether oxygens (including phenoxy) is 1. The van der Waals surface area contributed by atoms with Gasteiger partial charge in [-0.1, -0.05) is 36.4 Å². The Balaban J connectivity index is 1.87. The highest BCUT2D eigenvalue weighted by atomic mass is 19.1. The van der Waals surface area contributed by atoms with Crippen molar-refractivity contribution < 1.29 is 13.9 Å². The Morgan fingerprint density at radius 1 is 1.24 bits per heavy atom. The molecule has 0 radical (unpaired) electrons. The minimum Gasteiger partial charge on any atom is -0.465 e. The Bertz CT molecular complexity index is 944. The molecule has 0 saturated heterocycles. The number of tetrazole rings is 1. The fraction of sp³-hybridized carbons (Fsp3) is 0.300. The molecule has 1 heterocycles. The molecule has 1 aromatic heterocycles. The molecule has 3 rings (SSSR count). The highest BCUT2D eigenvalue weighted by Crippen LogP contribution is 2.21. The number of carbonyl (C=O) groups is 1. The van der Waals surface area contributed by atoms with E-state index in [1.165, 1.54) is 16.8 Å². The van der Waals surface area contributed by atoms with Crippen LogP contribution in [0.1, 0.15) is 35.5 Å². The molecule has 1 atom stereocenters. The minimum atomic E-state index is -0.457. The van der Waals surface area contributed by atoms with Crippen molar-refractivity contribution in [3.63, 3.8) is 0 Å². The Morgan fingerprint density at radius 3 is 2.72 bits per heavy atom. The van der Waals surface area contributed by atoms with Gasteiger partial charge in [-0.2, -0.15) is 0 Å². The summed E-state index contributed by atoms with van der Waals surface area (Å²) in [6.07, 6.45) is 0. The predicted octanol–water partition coefficient (Wildman–Crippen LogP) is 1.71. The van der Waals surface area contributed by atoms with Crippen molar-refractivity contribution in [3.8, 4) is 0 Å². The van der Waals surface area contributed by atoms with Gasteiger partial charge in [-0.25, -0.2) is 9.07 Å². The number of hydrogen-bond donors (Lipinski definition) is 2. The first-order valence-electron chi connectivity index (χ1n) is 9.29. The Hall–Kier alpha value is -3.17. The Labute approximate surface area is 167 Å². The number of hydrogen-bond acceptors (Lipinski definition) is 7. The number of benzene rings is 2. The minimum absolute atomic E-state index is 0.113. The van der Waals surface area contributed by atoms with Crippen LogP contribution in [0.15, 0.2) is 48.5 Å². The summed E-state index contributed by atoms with van der Waals surface area (Å²) in [5.41, 5.74) is 8.54. The van der Waals surface area contributed by atoms with E-state index < -0.39 is 12.0 Å². The molecule has 152 valence electrons. The van der Waals surface area contributed by atoms with Crippen LogP contribution in [0.3, 0.4) is 0 Å². The second kappa shape index (κ2) is 9.85. The molecular weight excluding hydrogens is 375 g/mol. The van der Waals surface area contributed by atoms with Crippen LogP contribution in [0.4, 0.5) is 4.39 Å². The smallest absolute Gasteiger partial charge is 0.327 e. The summed E-state index contributed by atoms with van der Waals surface area (Å²) < 4.78 is 19.8. The van der Waals surface area contributed by atoms with E-state index in [4.69, 9.17) is 10.5 Å². The highest BCUT2D eigenvalue weighted by Gasteiger charge is 2.22. The fourth-order valence-corrected chi connectivity index (χ4v) is 2.96. The van der Waals surface area contributed by atoms with Gasteiger partial charge in [-0.05, 0) is 46.2 Å². The highest BCUT2D eigenvalue weighted by molar-refractivity contribution is 5.69. The number of aromatic nitrogens is 4. The zero-order valence-corrected chi connectivity index (χ0v) is 16.1. The lowest BCUT2D eigenvalue weighted by molar-refractivity contribution is -0.144. The van der Waals surface area contributed by atoms with Gasteiger partial charge < -0.3 is 10.5 Å². The molecule has 0 bridgehead atoms. The molecule has 0 saturated carbocycles. The summed E-state index contributed by atoms with van der Waals surface area (Å²) in [6.45, 7) is 2.84. The monoisotopic (exact) mass is 398 g/mol. The number of carbonyl (C=O) groups excluding carboxylic acids is 1. The van der Waals surface area contributed by atoms with Gasteiger partial charge >= 0.3 is 5.97 Å². The zero-order chi connectivity index (χ0) is 20.6. The summed E-state index contributed by atoms with van der Waals surface area (Å²) in [5, 5.41) is 15.1. The largest absolute Gasteiger partial charge is 0.465 e. The van der Waals surface area contributed by atoms with Crippen LogP contribution in [0, 0.1) is 5.82 Å². The van der Waals surface area contributed by atoms with Gasteiger partial charge in [-0.3, -0.25) is 10.1 Å². The van der Waals surface area contributed by atoms with E-state index >= 15 is 0 Å². The van der Waals surface area contributed by atoms with Crippen LogP contribution in [-0.4, -0.2) is 32.8 Å². The number of halogens is 1. The van der Waals surface area contributed by atoms with E-state index in [-0.39, 0.29) is 19.0 Å². The van der Waals surface area contributed by atoms with Crippen molar-refractivity contribution in [2.45, 2.75) is 32.6 Å². The molecule has 0 spiro atoms. The van der Waals surface area contributed by atoms with Crippen LogP contribution < -0.4 is 11.1 Å². The summed E-state index contributed by atoms with van der Waals surface area (Å²) in [4.78, 5) is 11.9. The predicted molar refractivity (Wildman–Crippen MR) is 104 cm³/mol. The van der Waals surface area contributed by atoms with Crippen LogP contribution >= 0.6 is 0 Å². The number of nitrogens with zero attached hydrogens (tertiary/aromatic N) is 4. The molecule has 3 aromatic rings. The first-order chi connectivity index (χ1) is 14.1. The third kappa shape index (κ3) is 5.43. The van der Waals surface area contributed by atoms with E-state index in [0.717, 1.165) is 16.7 Å². The van der Waals surface area contributed by atoms with E-state index in [0.29, 0.717) is 18.9 Å². The molecule has 0 amide bonds. The van der Waals surface area contributed by atoms with Crippen LogP contribution in [0.2, 0.25) is 0 Å². The Kier molecular flexibility index (Phi) is 6.99. The number of esters is 1. The SMILES string of the molecule is CCOC(=O)Cn1nnnc1C(NCc1cccc(CN)c1)c1ccc(F)cc1. The molecule has 0 fully saturated rings. The van der Waals surface area contributed by atoms with Gasteiger partial charge in [0.15, 0.2) is 5.82 Å². The lowest BCUT2D eigenvalue weighted by atomic mass is 10.0. The summed E-state index contributed by atoms with van der Waals surface area (Å²) in [7, 11) is 0. The lowest BCUT2D eigenvalue weighted by Gasteiger charge is -2.19. The molecule has 1 unspecified atom stereocenters. The van der Waals surface area contributed by atoms with Gasteiger partial charge in [-0.15, -0.1) is 5.10 Å². The molecule has 3 N–H and O–H groups in total. The van der Waals surface area contributed by atoms with Crippen LogP contribution in [0.5, 0.6) is 0 Å². The van der Waals surface area contributed by atoms with Crippen molar-refractivity contribution in [1.82, 2.24) is 25.5 Å². The average Bonchev–Trinajstić information content (AvgIpc) is 3.17.